The molecule has 5 rings (SSSR count). The summed E-state index contributed by atoms with van der Waals surface area (Å²) in [6.45, 7) is 5.49. The van der Waals surface area contributed by atoms with Crippen LogP contribution in [-0.2, 0) is 0 Å². The predicted octanol–water partition coefficient (Wildman–Crippen LogP) is 2.75. The highest BCUT2D eigenvalue weighted by atomic mass is 16.5. The Bertz CT molecular complexity index is 1370. The topological polar surface area (TPSA) is 94.3 Å². The SMILES string of the molecule is O=c1ccc2ccc(OCCCCN3CCN(c4cccc5ccc(=O)[nH]c45)CC3)nc2[nH]1. The van der Waals surface area contributed by atoms with Gasteiger partial charge in [0.1, 0.15) is 5.65 Å². The van der Waals surface area contributed by atoms with Crippen LogP contribution in [0.15, 0.2) is 64.2 Å². The van der Waals surface area contributed by atoms with Crippen LogP contribution in [0, 0.1) is 0 Å². The van der Waals surface area contributed by atoms with E-state index in [0.29, 0.717) is 18.1 Å². The number of fused-ring (bicyclic) bond motifs is 2. The third kappa shape index (κ3) is 4.90. The smallest absolute Gasteiger partial charge is 0.249 e. The highest BCUT2D eigenvalue weighted by molar-refractivity contribution is 5.90. The van der Waals surface area contributed by atoms with E-state index in [4.69, 9.17) is 4.74 Å². The van der Waals surface area contributed by atoms with Crippen molar-refractivity contribution < 1.29 is 4.74 Å². The monoisotopic (exact) mass is 445 g/mol. The standard InChI is InChI=1S/C25H27N5O3/c31-21-9-6-18-4-3-5-20(24(18)26-21)30-15-13-29(14-16-30)12-1-2-17-33-23-11-8-19-7-10-22(32)27-25(19)28-23/h3-11H,1-2,12-17H2,(H,26,31)(H,27,28,32). The number of piperazine rings is 1. The van der Waals surface area contributed by atoms with E-state index in [9.17, 15) is 9.59 Å². The summed E-state index contributed by atoms with van der Waals surface area (Å²) in [5.41, 5.74) is 2.33. The first-order chi connectivity index (χ1) is 16.2. The second-order valence-electron chi connectivity index (χ2n) is 8.36. The minimum atomic E-state index is -0.166. The van der Waals surface area contributed by atoms with Crippen LogP contribution in [0.4, 0.5) is 5.69 Å². The maximum Gasteiger partial charge on any atom is 0.249 e. The molecule has 33 heavy (non-hydrogen) atoms. The molecule has 1 aromatic carbocycles. The van der Waals surface area contributed by atoms with Gasteiger partial charge in [-0.15, -0.1) is 0 Å². The van der Waals surface area contributed by atoms with E-state index >= 15 is 0 Å². The van der Waals surface area contributed by atoms with Crippen LogP contribution in [0.25, 0.3) is 21.9 Å². The van der Waals surface area contributed by atoms with Crippen LogP contribution < -0.4 is 20.8 Å². The van der Waals surface area contributed by atoms with Gasteiger partial charge in [-0.05, 0) is 43.7 Å². The predicted molar refractivity (Wildman–Crippen MR) is 130 cm³/mol. The van der Waals surface area contributed by atoms with Crippen molar-refractivity contribution in [3.05, 3.63) is 75.3 Å². The van der Waals surface area contributed by atoms with Crippen molar-refractivity contribution in [2.75, 3.05) is 44.2 Å². The number of hydrogen-bond donors (Lipinski definition) is 2. The van der Waals surface area contributed by atoms with Crippen molar-refractivity contribution in [1.82, 2.24) is 19.9 Å². The molecule has 170 valence electrons. The Kier molecular flexibility index (Phi) is 6.08. The molecule has 0 spiro atoms. The molecule has 1 fully saturated rings. The lowest BCUT2D eigenvalue weighted by molar-refractivity contribution is 0.237. The average molecular weight is 446 g/mol. The van der Waals surface area contributed by atoms with Crippen molar-refractivity contribution in [1.29, 1.82) is 0 Å². The zero-order valence-electron chi connectivity index (χ0n) is 18.4. The van der Waals surface area contributed by atoms with Crippen LogP contribution in [0.3, 0.4) is 0 Å². The molecule has 8 nitrogen and oxygen atoms in total. The molecule has 8 heteroatoms. The summed E-state index contributed by atoms with van der Waals surface area (Å²) in [6.07, 6.45) is 1.99. The first-order valence-electron chi connectivity index (χ1n) is 11.4. The Hall–Kier alpha value is -3.65. The van der Waals surface area contributed by atoms with E-state index in [1.807, 2.05) is 30.3 Å². The van der Waals surface area contributed by atoms with E-state index in [0.717, 1.165) is 67.5 Å². The molecule has 1 aliphatic heterocycles. The number of unbranched alkanes of at least 4 members (excludes halogenated alkanes) is 1. The number of aromatic amines is 2. The normalized spacial score (nSPS) is 14.7. The highest BCUT2D eigenvalue weighted by Crippen LogP contribution is 2.25. The van der Waals surface area contributed by atoms with Crippen molar-refractivity contribution in [3.8, 4) is 5.88 Å². The quantitative estimate of drug-likeness (QED) is 0.425. The largest absolute Gasteiger partial charge is 0.478 e. The van der Waals surface area contributed by atoms with Gasteiger partial charge < -0.3 is 19.6 Å². The third-order valence-electron chi connectivity index (χ3n) is 6.13. The lowest BCUT2D eigenvalue weighted by Crippen LogP contribution is -2.46. The van der Waals surface area contributed by atoms with E-state index in [-0.39, 0.29) is 11.1 Å². The summed E-state index contributed by atoms with van der Waals surface area (Å²) < 4.78 is 5.78. The van der Waals surface area contributed by atoms with Crippen molar-refractivity contribution >= 4 is 27.6 Å². The lowest BCUT2D eigenvalue weighted by atomic mass is 10.1. The minimum absolute atomic E-state index is 0.0667. The summed E-state index contributed by atoms with van der Waals surface area (Å²) in [5, 5.41) is 1.94. The van der Waals surface area contributed by atoms with Gasteiger partial charge in [-0.3, -0.25) is 14.5 Å². The summed E-state index contributed by atoms with van der Waals surface area (Å²) in [4.78, 5) is 38.2. The Morgan fingerprint density at radius 3 is 2.42 bits per heavy atom. The zero-order valence-corrected chi connectivity index (χ0v) is 18.4. The molecular weight excluding hydrogens is 418 g/mol. The van der Waals surface area contributed by atoms with Crippen molar-refractivity contribution in [3.63, 3.8) is 0 Å². The first-order valence-corrected chi connectivity index (χ1v) is 11.4. The number of nitrogens with zero attached hydrogens (tertiary/aromatic N) is 3. The molecule has 4 heterocycles. The minimum Gasteiger partial charge on any atom is -0.478 e. The van der Waals surface area contributed by atoms with E-state index in [1.165, 1.54) is 6.07 Å². The molecule has 0 saturated carbocycles. The van der Waals surface area contributed by atoms with Gasteiger partial charge in [-0.2, -0.15) is 4.98 Å². The van der Waals surface area contributed by atoms with Gasteiger partial charge >= 0.3 is 0 Å². The third-order valence-corrected chi connectivity index (χ3v) is 6.13. The Labute approximate surface area is 190 Å². The van der Waals surface area contributed by atoms with Gasteiger partial charge in [0.05, 0.1) is 17.8 Å². The molecular formula is C25H27N5O3. The Morgan fingerprint density at radius 2 is 1.58 bits per heavy atom. The summed E-state index contributed by atoms with van der Waals surface area (Å²) in [5.74, 6) is 0.533. The maximum absolute atomic E-state index is 11.8. The van der Waals surface area contributed by atoms with Crippen LogP contribution in [0.2, 0.25) is 0 Å². The van der Waals surface area contributed by atoms with E-state index < -0.39 is 0 Å². The average Bonchev–Trinajstić information content (AvgIpc) is 2.83. The molecule has 0 amide bonds. The van der Waals surface area contributed by atoms with Crippen LogP contribution in [0.1, 0.15) is 12.8 Å². The molecule has 3 aromatic heterocycles. The molecule has 0 radical (unpaired) electrons. The van der Waals surface area contributed by atoms with Gasteiger partial charge in [-0.1, -0.05) is 12.1 Å². The van der Waals surface area contributed by atoms with Gasteiger partial charge in [0.25, 0.3) is 0 Å². The number of H-pyrrole nitrogens is 2. The molecule has 0 unspecified atom stereocenters. The Morgan fingerprint density at radius 1 is 0.818 bits per heavy atom. The summed E-state index contributed by atoms with van der Waals surface area (Å²) >= 11 is 0. The molecule has 0 atom stereocenters. The molecule has 2 N–H and O–H groups in total. The molecule has 0 aliphatic carbocycles. The number of benzene rings is 1. The van der Waals surface area contributed by atoms with Gasteiger partial charge in [0, 0.05) is 55.2 Å². The molecule has 4 aromatic rings. The number of para-hydroxylation sites is 1. The second kappa shape index (κ2) is 9.46. The number of anilines is 1. The fraction of sp³-hybridized carbons (Fsp3) is 0.320. The van der Waals surface area contributed by atoms with Gasteiger partial charge in [-0.25, -0.2) is 0 Å². The molecule has 1 saturated heterocycles. The number of aromatic nitrogens is 3. The van der Waals surface area contributed by atoms with Gasteiger partial charge in [0.2, 0.25) is 17.0 Å². The number of hydrogen-bond acceptors (Lipinski definition) is 6. The van der Waals surface area contributed by atoms with E-state index in [1.54, 1.807) is 12.1 Å². The molecule has 1 aliphatic rings. The zero-order chi connectivity index (χ0) is 22.6. The van der Waals surface area contributed by atoms with Crippen molar-refractivity contribution in [2.24, 2.45) is 0 Å². The van der Waals surface area contributed by atoms with Gasteiger partial charge in [0.15, 0.2) is 0 Å². The fourth-order valence-corrected chi connectivity index (χ4v) is 4.34. The number of pyridine rings is 3. The van der Waals surface area contributed by atoms with Crippen LogP contribution in [-0.4, -0.2) is 59.2 Å². The number of rotatable bonds is 7. The van der Waals surface area contributed by atoms with Crippen LogP contribution >= 0.6 is 0 Å². The fourth-order valence-electron chi connectivity index (χ4n) is 4.34. The maximum atomic E-state index is 11.8. The number of nitrogens with one attached hydrogen (secondary N) is 2. The lowest BCUT2D eigenvalue weighted by Gasteiger charge is -2.36. The second-order valence-corrected chi connectivity index (χ2v) is 8.36. The summed E-state index contributed by atoms with van der Waals surface area (Å²) in [7, 11) is 0. The molecule has 0 bridgehead atoms. The Balaban J connectivity index is 1.08. The van der Waals surface area contributed by atoms with Crippen LogP contribution in [0.5, 0.6) is 5.88 Å². The number of ether oxygens (including phenoxy) is 1. The van der Waals surface area contributed by atoms with Crippen molar-refractivity contribution in [2.45, 2.75) is 12.8 Å². The van der Waals surface area contributed by atoms with E-state index in [2.05, 4.69) is 30.8 Å². The summed E-state index contributed by atoms with van der Waals surface area (Å²) in [6, 6.07) is 16.6. The highest BCUT2D eigenvalue weighted by Gasteiger charge is 2.18. The first kappa shape index (κ1) is 21.2.